The predicted molar refractivity (Wildman–Crippen MR) is 119 cm³/mol. The lowest BCUT2D eigenvalue weighted by atomic mass is 10.3. The van der Waals surface area contributed by atoms with Crippen molar-refractivity contribution in [3.63, 3.8) is 0 Å². The standard InChI is InChI=1S/C18H24N6S.HI/c1-5-19-18(21-11-17-22-12(2)13(3)25-17)20-10-16-23-14-8-6-7-9-15(14)24(16)4;/h6-9H,5,10-11H2,1-4H3,(H2,19,20,21);1H. The molecule has 0 fully saturated rings. The number of hydrogen-bond acceptors (Lipinski definition) is 4. The fraction of sp³-hybridized carbons (Fsp3) is 0.389. The van der Waals surface area contributed by atoms with Crippen molar-refractivity contribution in [2.45, 2.75) is 33.9 Å². The second-order valence-electron chi connectivity index (χ2n) is 5.87. The minimum absolute atomic E-state index is 0. The molecule has 3 rings (SSSR count). The molecule has 0 spiro atoms. The van der Waals surface area contributed by atoms with Crippen molar-refractivity contribution < 1.29 is 0 Å². The molecule has 0 saturated heterocycles. The first-order valence-electron chi connectivity index (χ1n) is 8.44. The molecule has 3 aromatic rings. The van der Waals surface area contributed by atoms with Gasteiger partial charge in [0.2, 0.25) is 0 Å². The van der Waals surface area contributed by atoms with Crippen LogP contribution in [0, 0.1) is 13.8 Å². The number of thiazole rings is 1. The Morgan fingerprint density at radius 2 is 1.96 bits per heavy atom. The normalized spacial score (nSPS) is 11.5. The van der Waals surface area contributed by atoms with E-state index < -0.39 is 0 Å². The van der Waals surface area contributed by atoms with Crippen molar-refractivity contribution in [2.75, 3.05) is 6.54 Å². The van der Waals surface area contributed by atoms with Gasteiger partial charge in [-0.3, -0.25) is 0 Å². The van der Waals surface area contributed by atoms with Crippen molar-refractivity contribution in [3.05, 3.63) is 45.7 Å². The van der Waals surface area contributed by atoms with E-state index in [1.54, 1.807) is 11.3 Å². The molecule has 26 heavy (non-hydrogen) atoms. The van der Waals surface area contributed by atoms with E-state index in [0.717, 1.165) is 40.1 Å². The lowest BCUT2D eigenvalue weighted by Crippen LogP contribution is -2.36. The van der Waals surface area contributed by atoms with Gasteiger partial charge in [-0.2, -0.15) is 0 Å². The summed E-state index contributed by atoms with van der Waals surface area (Å²) < 4.78 is 2.09. The number of nitrogens with zero attached hydrogens (tertiary/aromatic N) is 4. The van der Waals surface area contributed by atoms with Crippen LogP contribution in [0.3, 0.4) is 0 Å². The first-order valence-corrected chi connectivity index (χ1v) is 9.25. The number of benzene rings is 1. The van der Waals surface area contributed by atoms with E-state index >= 15 is 0 Å². The Morgan fingerprint density at radius 3 is 2.62 bits per heavy atom. The van der Waals surface area contributed by atoms with Gasteiger partial charge in [0, 0.05) is 18.5 Å². The number of nitrogens with one attached hydrogen (secondary N) is 2. The zero-order valence-electron chi connectivity index (χ0n) is 15.5. The number of aryl methyl sites for hydroxylation is 3. The third-order valence-electron chi connectivity index (χ3n) is 4.08. The molecule has 0 amide bonds. The summed E-state index contributed by atoms with van der Waals surface area (Å²) in [6, 6.07) is 8.14. The fourth-order valence-corrected chi connectivity index (χ4v) is 3.48. The lowest BCUT2D eigenvalue weighted by molar-refractivity contribution is 0.776. The summed E-state index contributed by atoms with van der Waals surface area (Å²) in [5.41, 5.74) is 3.23. The van der Waals surface area contributed by atoms with Crippen LogP contribution in [0.2, 0.25) is 0 Å². The molecule has 2 N–H and O–H groups in total. The maximum atomic E-state index is 4.67. The molecule has 0 radical (unpaired) electrons. The Balaban J connectivity index is 0.00000243. The van der Waals surface area contributed by atoms with Crippen LogP contribution in [-0.4, -0.2) is 27.0 Å². The third kappa shape index (κ3) is 4.73. The predicted octanol–water partition coefficient (Wildman–Crippen LogP) is 3.52. The highest BCUT2D eigenvalue weighted by Gasteiger charge is 2.08. The Bertz CT molecular complexity index is 879. The van der Waals surface area contributed by atoms with Crippen LogP contribution in [0.15, 0.2) is 29.3 Å². The van der Waals surface area contributed by atoms with E-state index in [2.05, 4.69) is 50.1 Å². The number of rotatable bonds is 5. The fourth-order valence-electron chi connectivity index (χ4n) is 2.60. The first kappa shape index (κ1) is 20.6. The van der Waals surface area contributed by atoms with Gasteiger partial charge in [-0.05, 0) is 32.9 Å². The number of hydrogen-bond donors (Lipinski definition) is 2. The summed E-state index contributed by atoms with van der Waals surface area (Å²) >= 11 is 1.72. The Morgan fingerprint density at radius 1 is 1.19 bits per heavy atom. The molecule has 6 nitrogen and oxygen atoms in total. The minimum atomic E-state index is 0. The summed E-state index contributed by atoms with van der Waals surface area (Å²) in [5.74, 6) is 1.72. The molecule has 0 bridgehead atoms. The molecule has 0 saturated carbocycles. The van der Waals surface area contributed by atoms with Gasteiger partial charge in [-0.1, -0.05) is 12.1 Å². The number of aromatic nitrogens is 3. The van der Waals surface area contributed by atoms with Crippen molar-refractivity contribution in [1.29, 1.82) is 0 Å². The van der Waals surface area contributed by atoms with Crippen molar-refractivity contribution in [3.8, 4) is 0 Å². The number of para-hydroxylation sites is 2. The second-order valence-corrected chi connectivity index (χ2v) is 7.16. The molecule has 8 heteroatoms. The van der Waals surface area contributed by atoms with E-state index in [4.69, 9.17) is 0 Å². The zero-order valence-corrected chi connectivity index (χ0v) is 18.7. The van der Waals surface area contributed by atoms with Crippen LogP contribution in [0.5, 0.6) is 0 Å². The summed E-state index contributed by atoms with van der Waals surface area (Å²) in [5, 5.41) is 7.70. The minimum Gasteiger partial charge on any atom is -0.357 e. The molecular weight excluding hydrogens is 459 g/mol. The zero-order chi connectivity index (χ0) is 17.8. The Labute approximate surface area is 175 Å². The molecule has 0 aliphatic heterocycles. The van der Waals surface area contributed by atoms with Crippen LogP contribution in [0.25, 0.3) is 11.0 Å². The average molecular weight is 484 g/mol. The third-order valence-corrected chi connectivity index (χ3v) is 5.16. The maximum absolute atomic E-state index is 4.67. The van der Waals surface area contributed by atoms with Gasteiger partial charge in [0.1, 0.15) is 17.4 Å². The summed E-state index contributed by atoms with van der Waals surface area (Å²) in [6.45, 7) is 8.21. The lowest BCUT2D eigenvalue weighted by Gasteiger charge is -2.10. The molecule has 140 valence electrons. The molecule has 0 aliphatic rings. The van der Waals surface area contributed by atoms with Crippen LogP contribution < -0.4 is 10.6 Å². The molecule has 2 aromatic heterocycles. The molecule has 0 aliphatic carbocycles. The van der Waals surface area contributed by atoms with Gasteiger partial charge >= 0.3 is 0 Å². The number of fused-ring (bicyclic) bond motifs is 1. The maximum Gasteiger partial charge on any atom is 0.192 e. The topological polar surface area (TPSA) is 67.1 Å². The van der Waals surface area contributed by atoms with Crippen LogP contribution in [-0.2, 0) is 20.1 Å². The highest BCUT2D eigenvalue weighted by atomic mass is 127. The van der Waals surface area contributed by atoms with Crippen molar-refractivity contribution >= 4 is 52.3 Å². The van der Waals surface area contributed by atoms with Gasteiger partial charge in [0.25, 0.3) is 0 Å². The number of imidazole rings is 1. The monoisotopic (exact) mass is 484 g/mol. The molecule has 0 atom stereocenters. The summed E-state index contributed by atoms with van der Waals surface area (Å²) in [6.07, 6.45) is 0. The van der Waals surface area contributed by atoms with E-state index in [0.29, 0.717) is 13.1 Å². The Hall–Kier alpha value is -1.68. The second kappa shape index (κ2) is 9.31. The van der Waals surface area contributed by atoms with Crippen molar-refractivity contribution in [2.24, 2.45) is 12.0 Å². The molecule has 0 unspecified atom stereocenters. The average Bonchev–Trinajstić information content (AvgIpc) is 3.10. The number of guanidine groups is 1. The van der Waals surface area contributed by atoms with E-state index in [1.807, 2.05) is 32.2 Å². The highest BCUT2D eigenvalue weighted by molar-refractivity contribution is 14.0. The van der Waals surface area contributed by atoms with Gasteiger partial charge < -0.3 is 15.2 Å². The summed E-state index contributed by atoms with van der Waals surface area (Å²) in [7, 11) is 2.03. The van der Waals surface area contributed by atoms with Crippen LogP contribution in [0.1, 0.15) is 28.3 Å². The largest absolute Gasteiger partial charge is 0.357 e. The number of halogens is 1. The highest BCUT2D eigenvalue weighted by Crippen LogP contribution is 2.16. The molecule has 1 aromatic carbocycles. The van der Waals surface area contributed by atoms with E-state index in [1.165, 1.54) is 4.88 Å². The van der Waals surface area contributed by atoms with Gasteiger partial charge in [-0.15, -0.1) is 35.3 Å². The van der Waals surface area contributed by atoms with Crippen LogP contribution >= 0.6 is 35.3 Å². The van der Waals surface area contributed by atoms with Crippen molar-refractivity contribution in [1.82, 2.24) is 25.2 Å². The first-order chi connectivity index (χ1) is 12.1. The van der Waals surface area contributed by atoms with Crippen LogP contribution in [0.4, 0.5) is 0 Å². The molecule has 2 heterocycles. The number of aliphatic imine (C=N–C) groups is 1. The quantitative estimate of drug-likeness (QED) is 0.331. The smallest absolute Gasteiger partial charge is 0.192 e. The Kier molecular flexibility index (Phi) is 7.39. The molecular formula is C18H25IN6S. The van der Waals surface area contributed by atoms with Gasteiger partial charge in [0.05, 0.1) is 23.3 Å². The van der Waals surface area contributed by atoms with E-state index in [9.17, 15) is 0 Å². The van der Waals surface area contributed by atoms with Gasteiger partial charge in [0.15, 0.2) is 5.96 Å². The SMILES string of the molecule is CCNC(=NCc1nc2ccccc2n1C)NCc1nc(C)c(C)s1.I. The van der Waals surface area contributed by atoms with E-state index in [-0.39, 0.29) is 24.0 Å². The summed E-state index contributed by atoms with van der Waals surface area (Å²) in [4.78, 5) is 15.2. The van der Waals surface area contributed by atoms with Gasteiger partial charge in [-0.25, -0.2) is 15.0 Å².